The maximum absolute atomic E-state index is 12.9. The van der Waals surface area contributed by atoms with Gasteiger partial charge in [-0.25, -0.2) is 4.79 Å². The minimum atomic E-state index is -4.68. The number of halogens is 5. The van der Waals surface area contributed by atoms with Crippen molar-refractivity contribution < 1.29 is 22.7 Å². The van der Waals surface area contributed by atoms with E-state index >= 15 is 0 Å². The van der Waals surface area contributed by atoms with Gasteiger partial charge in [-0.2, -0.15) is 23.0 Å². The average molecular weight is 421 g/mol. The Balaban J connectivity index is 2.53. The van der Waals surface area contributed by atoms with Crippen LogP contribution in [0.1, 0.15) is 23.6 Å². The first kappa shape index (κ1) is 21.0. The van der Waals surface area contributed by atoms with Gasteiger partial charge in [0.25, 0.3) is 5.56 Å². The third-order valence-electron chi connectivity index (χ3n) is 3.50. The van der Waals surface area contributed by atoms with Crippen LogP contribution < -0.4 is 5.56 Å². The number of rotatable bonds is 4. The number of hydrogen-bond donors (Lipinski definition) is 0. The van der Waals surface area contributed by atoms with E-state index in [0.29, 0.717) is 6.20 Å². The molecule has 0 radical (unpaired) electrons. The maximum Gasteiger partial charge on any atom is 0.418 e. The van der Waals surface area contributed by atoms with Gasteiger partial charge >= 0.3 is 12.1 Å². The molecule has 0 saturated carbocycles. The molecule has 0 unspecified atom stereocenters. The number of esters is 1. The van der Waals surface area contributed by atoms with Crippen LogP contribution in [0.2, 0.25) is 5.02 Å². The lowest BCUT2D eigenvalue weighted by atomic mass is 10.1. The predicted octanol–water partition coefficient (Wildman–Crippen LogP) is 4.36. The van der Waals surface area contributed by atoms with Gasteiger partial charge in [-0.1, -0.05) is 23.2 Å². The van der Waals surface area contributed by atoms with Crippen molar-refractivity contribution in [1.82, 2.24) is 9.78 Å². The molecule has 144 valence electrons. The summed E-state index contributed by atoms with van der Waals surface area (Å²) in [6.45, 7) is 2.80. The van der Waals surface area contributed by atoms with Crippen molar-refractivity contribution in [3.8, 4) is 5.69 Å². The van der Waals surface area contributed by atoms with Crippen LogP contribution in [-0.4, -0.2) is 22.4 Å². The summed E-state index contributed by atoms with van der Waals surface area (Å²) in [5, 5.41) is 3.54. The van der Waals surface area contributed by atoms with Gasteiger partial charge in [0.1, 0.15) is 5.03 Å². The minimum Gasteiger partial charge on any atom is -0.462 e. The number of aromatic nitrogens is 2. The zero-order valence-corrected chi connectivity index (χ0v) is 15.6. The molecule has 0 atom stereocenters. The number of carbonyl (C=O) groups excluding carboxylic acids is 1. The summed E-state index contributed by atoms with van der Waals surface area (Å²) in [6, 6.07) is 4.17. The summed E-state index contributed by atoms with van der Waals surface area (Å²) in [5.41, 5.74) is -2.12. The van der Waals surface area contributed by atoms with Crippen LogP contribution in [0.25, 0.3) is 11.8 Å². The van der Waals surface area contributed by atoms with E-state index in [1.54, 1.807) is 6.92 Å². The van der Waals surface area contributed by atoms with Crippen LogP contribution in [0, 0.1) is 6.92 Å². The molecular formula is C17H13Cl2F3N2O3. The van der Waals surface area contributed by atoms with Crippen LogP contribution in [0.15, 0.2) is 34.2 Å². The van der Waals surface area contributed by atoms with E-state index in [1.165, 1.54) is 24.3 Å². The SMILES string of the molecule is CCOC(=O)/C(Cl)=C/c1cc(-n2ncc(C(F)(F)F)c(C)c2=O)ccc1Cl. The summed E-state index contributed by atoms with van der Waals surface area (Å²) >= 11 is 11.9. The third kappa shape index (κ3) is 4.70. The highest BCUT2D eigenvalue weighted by Gasteiger charge is 2.34. The standard InChI is InChI=1S/C17H13Cl2F3N2O3/c1-3-27-16(26)14(19)7-10-6-11(4-5-13(10)18)24-15(25)9(2)12(8-23-24)17(20,21)22/h4-8H,3H2,1-2H3/b14-7-. The van der Waals surface area contributed by atoms with Crippen molar-refractivity contribution >= 4 is 35.2 Å². The van der Waals surface area contributed by atoms with Crippen molar-refractivity contribution in [2.24, 2.45) is 0 Å². The topological polar surface area (TPSA) is 61.2 Å². The molecular weight excluding hydrogens is 408 g/mol. The van der Waals surface area contributed by atoms with Gasteiger partial charge in [0.05, 0.1) is 24.1 Å². The van der Waals surface area contributed by atoms with Gasteiger partial charge in [0.2, 0.25) is 0 Å². The molecule has 0 aliphatic rings. The lowest BCUT2D eigenvalue weighted by molar-refractivity contribution is -0.139. The Kier molecular flexibility index (Phi) is 6.33. The zero-order chi connectivity index (χ0) is 20.4. The number of hydrogen-bond acceptors (Lipinski definition) is 4. The van der Waals surface area contributed by atoms with Crippen LogP contribution in [0.5, 0.6) is 0 Å². The molecule has 0 aliphatic heterocycles. The molecule has 0 N–H and O–H groups in total. The Labute approximate surface area is 162 Å². The second kappa shape index (κ2) is 8.14. The van der Waals surface area contributed by atoms with Crippen molar-refractivity contribution in [1.29, 1.82) is 0 Å². The van der Waals surface area contributed by atoms with Gasteiger partial charge in [-0.3, -0.25) is 4.79 Å². The summed E-state index contributed by atoms with van der Waals surface area (Å²) in [4.78, 5) is 23.9. The van der Waals surface area contributed by atoms with E-state index in [0.717, 1.165) is 11.6 Å². The summed E-state index contributed by atoms with van der Waals surface area (Å²) < 4.78 is 44.2. The molecule has 2 aromatic rings. The van der Waals surface area contributed by atoms with Crippen molar-refractivity contribution in [2.75, 3.05) is 6.61 Å². The monoisotopic (exact) mass is 420 g/mol. The molecule has 1 aromatic heterocycles. The molecule has 0 saturated heterocycles. The minimum absolute atomic E-state index is 0.126. The van der Waals surface area contributed by atoms with Gasteiger partial charge < -0.3 is 4.74 Å². The molecule has 0 amide bonds. The van der Waals surface area contributed by atoms with E-state index in [1.807, 2.05) is 0 Å². The maximum atomic E-state index is 12.9. The van der Waals surface area contributed by atoms with Crippen molar-refractivity contribution in [3.63, 3.8) is 0 Å². The number of ether oxygens (including phenoxy) is 1. The molecule has 5 nitrogen and oxygen atoms in total. The average Bonchev–Trinajstić information content (AvgIpc) is 2.58. The Hall–Kier alpha value is -2.32. The highest BCUT2D eigenvalue weighted by molar-refractivity contribution is 6.43. The number of carbonyl (C=O) groups is 1. The zero-order valence-electron chi connectivity index (χ0n) is 14.1. The molecule has 0 spiro atoms. The highest BCUT2D eigenvalue weighted by atomic mass is 35.5. The van der Waals surface area contributed by atoms with Gasteiger partial charge in [0, 0.05) is 10.6 Å². The molecule has 0 bridgehead atoms. The molecule has 0 fully saturated rings. The Bertz CT molecular complexity index is 969. The fourth-order valence-corrected chi connectivity index (χ4v) is 2.52. The quantitative estimate of drug-likeness (QED) is 0.544. The van der Waals surface area contributed by atoms with E-state index in [4.69, 9.17) is 27.9 Å². The molecule has 1 heterocycles. The normalized spacial score (nSPS) is 12.2. The summed E-state index contributed by atoms with van der Waals surface area (Å²) in [7, 11) is 0. The fourth-order valence-electron chi connectivity index (χ4n) is 2.18. The number of alkyl halides is 3. The van der Waals surface area contributed by atoms with Crippen LogP contribution in [0.4, 0.5) is 13.2 Å². The highest BCUT2D eigenvalue weighted by Crippen LogP contribution is 2.30. The van der Waals surface area contributed by atoms with Crippen LogP contribution in [0.3, 0.4) is 0 Å². The molecule has 0 aliphatic carbocycles. The lowest BCUT2D eigenvalue weighted by Crippen LogP contribution is -2.27. The smallest absolute Gasteiger partial charge is 0.418 e. The summed E-state index contributed by atoms with van der Waals surface area (Å²) in [5.74, 6) is -0.763. The van der Waals surface area contributed by atoms with Gasteiger partial charge in [-0.05, 0) is 43.7 Å². The Morgan fingerprint density at radius 3 is 2.63 bits per heavy atom. The van der Waals surface area contributed by atoms with E-state index < -0.39 is 28.8 Å². The Morgan fingerprint density at radius 2 is 2.04 bits per heavy atom. The number of nitrogens with zero attached hydrogens (tertiary/aromatic N) is 2. The predicted molar refractivity (Wildman–Crippen MR) is 95.0 cm³/mol. The molecule has 1 aromatic carbocycles. The lowest BCUT2D eigenvalue weighted by Gasteiger charge is -2.12. The first-order chi connectivity index (χ1) is 12.6. The van der Waals surface area contributed by atoms with E-state index in [2.05, 4.69) is 5.10 Å². The third-order valence-corrected chi connectivity index (χ3v) is 4.11. The molecule has 27 heavy (non-hydrogen) atoms. The van der Waals surface area contributed by atoms with Crippen molar-refractivity contribution in [3.05, 3.63) is 61.5 Å². The van der Waals surface area contributed by atoms with E-state index in [-0.39, 0.29) is 27.9 Å². The largest absolute Gasteiger partial charge is 0.462 e. The van der Waals surface area contributed by atoms with Crippen LogP contribution >= 0.6 is 23.2 Å². The van der Waals surface area contributed by atoms with Crippen molar-refractivity contribution in [2.45, 2.75) is 20.0 Å². The fraction of sp³-hybridized carbons (Fsp3) is 0.235. The van der Waals surface area contributed by atoms with E-state index in [9.17, 15) is 22.8 Å². The first-order valence-corrected chi connectivity index (χ1v) is 8.32. The number of benzene rings is 1. The second-order valence-corrected chi connectivity index (χ2v) is 6.13. The van der Waals surface area contributed by atoms with Crippen LogP contribution in [-0.2, 0) is 15.7 Å². The van der Waals surface area contributed by atoms with Gasteiger partial charge in [-0.15, -0.1) is 0 Å². The second-order valence-electron chi connectivity index (χ2n) is 5.32. The van der Waals surface area contributed by atoms with Gasteiger partial charge in [0.15, 0.2) is 0 Å². The Morgan fingerprint density at radius 1 is 1.37 bits per heavy atom. The summed E-state index contributed by atoms with van der Waals surface area (Å²) in [6.07, 6.45) is -2.88. The molecule has 10 heteroatoms. The molecule has 2 rings (SSSR count). The first-order valence-electron chi connectivity index (χ1n) is 7.56.